The van der Waals surface area contributed by atoms with E-state index in [-0.39, 0.29) is 13.2 Å². The molecule has 0 fully saturated rings. The second-order valence-electron chi connectivity index (χ2n) is 5.17. The number of nitrogens with one attached hydrogen (secondary N) is 1. The summed E-state index contributed by atoms with van der Waals surface area (Å²) in [5.74, 6) is 1.14. The minimum absolute atomic E-state index is 0.204. The summed E-state index contributed by atoms with van der Waals surface area (Å²) < 4.78 is 6.48. The van der Waals surface area contributed by atoms with Gasteiger partial charge in [-0.25, -0.2) is 0 Å². The minimum Gasteiger partial charge on any atom is -0.490 e. The third-order valence-corrected chi connectivity index (χ3v) is 3.63. The first-order chi connectivity index (χ1) is 9.52. The molecule has 5 heteroatoms. The Kier molecular flexibility index (Phi) is 8.14. The van der Waals surface area contributed by atoms with Crippen molar-refractivity contribution in [2.45, 2.75) is 26.4 Å². The number of halogens is 1. The Morgan fingerprint density at radius 3 is 2.75 bits per heavy atom. The molecule has 0 spiro atoms. The van der Waals surface area contributed by atoms with Crippen molar-refractivity contribution < 1.29 is 14.9 Å². The van der Waals surface area contributed by atoms with E-state index in [0.29, 0.717) is 12.5 Å². The molecule has 0 amide bonds. The van der Waals surface area contributed by atoms with Crippen LogP contribution < -0.4 is 10.1 Å². The fraction of sp³-hybridized carbons (Fsp3) is 0.600. The van der Waals surface area contributed by atoms with E-state index in [1.165, 1.54) is 0 Å². The fourth-order valence-corrected chi connectivity index (χ4v) is 2.39. The first-order valence-corrected chi connectivity index (χ1v) is 7.70. The molecule has 20 heavy (non-hydrogen) atoms. The predicted molar refractivity (Wildman–Crippen MR) is 84.1 cm³/mol. The number of aliphatic hydroxyl groups excluding tert-OH is 2. The van der Waals surface area contributed by atoms with Crippen LogP contribution in [0.25, 0.3) is 0 Å². The highest BCUT2D eigenvalue weighted by Gasteiger charge is 2.08. The van der Waals surface area contributed by atoms with Crippen molar-refractivity contribution in [1.29, 1.82) is 0 Å². The molecule has 0 bridgehead atoms. The molecule has 0 heterocycles. The van der Waals surface area contributed by atoms with Crippen molar-refractivity contribution in [1.82, 2.24) is 5.32 Å². The van der Waals surface area contributed by atoms with E-state index in [2.05, 4.69) is 28.2 Å². The van der Waals surface area contributed by atoms with Crippen molar-refractivity contribution >= 4 is 15.9 Å². The van der Waals surface area contributed by atoms with Crippen LogP contribution in [0.1, 0.15) is 18.9 Å². The quantitative estimate of drug-likeness (QED) is 0.641. The molecule has 0 radical (unpaired) electrons. The van der Waals surface area contributed by atoms with Gasteiger partial charge in [-0.2, -0.15) is 0 Å². The Morgan fingerprint density at radius 2 is 2.10 bits per heavy atom. The van der Waals surface area contributed by atoms with Gasteiger partial charge in [-0.1, -0.05) is 13.0 Å². The molecule has 0 aromatic heterocycles. The van der Waals surface area contributed by atoms with Crippen LogP contribution in [0.2, 0.25) is 0 Å². The highest BCUT2D eigenvalue weighted by molar-refractivity contribution is 9.10. The third kappa shape index (κ3) is 6.70. The topological polar surface area (TPSA) is 61.7 Å². The number of hydrogen-bond donors (Lipinski definition) is 3. The summed E-state index contributed by atoms with van der Waals surface area (Å²) in [5, 5.41) is 21.8. The summed E-state index contributed by atoms with van der Waals surface area (Å²) in [7, 11) is 0. The summed E-state index contributed by atoms with van der Waals surface area (Å²) >= 11 is 3.44. The number of rotatable bonds is 9. The molecule has 4 nitrogen and oxygen atoms in total. The van der Waals surface area contributed by atoms with E-state index < -0.39 is 6.10 Å². The number of ether oxygens (including phenoxy) is 1. The van der Waals surface area contributed by atoms with Gasteiger partial charge >= 0.3 is 0 Å². The largest absolute Gasteiger partial charge is 0.490 e. The smallest absolute Gasteiger partial charge is 0.133 e. The highest BCUT2D eigenvalue weighted by atomic mass is 79.9. The zero-order valence-electron chi connectivity index (χ0n) is 12.1. The van der Waals surface area contributed by atoms with Gasteiger partial charge in [-0.05, 0) is 59.4 Å². The standard InChI is InChI=1S/C15H24BrNO3/c1-11-3-4-15(14(16)7-11)20-10-13(19)9-17-8-12(2)5-6-18/h3-4,7,12-13,17-19H,5-6,8-10H2,1-2H3. The summed E-state index contributed by atoms with van der Waals surface area (Å²) in [5.41, 5.74) is 1.16. The van der Waals surface area contributed by atoms with Crippen LogP contribution in [0.15, 0.2) is 22.7 Å². The monoisotopic (exact) mass is 345 g/mol. The molecule has 0 saturated heterocycles. The van der Waals surface area contributed by atoms with Crippen LogP contribution in [-0.2, 0) is 0 Å². The zero-order valence-corrected chi connectivity index (χ0v) is 13.7. The zero-order chi connectivity index (χ0) is 15.0. The maximum absolute atomic E-state index is 9.85. The molecule has 114 valence electrons. The minimum atomic E-state index is -0.551. The average Bonchev–Trinajstić information content (AvgIpc) is 2.38. The molecular formula is C15H24BrNO3. The van der Waals surface area contributed by atoms with Gasteiger partial charge in [0, 0.05) is 13.2 Å². The van der Waals surface area contributed by atoms with Crippen LogP contribution >= 0.6 is 15.9 Å². The van der Waals surface area contributed by atoms with Gasteiger partial charge in [-0.3, -0.25) is 0 Å². The van der Waals surface area contributed by atoms with Gasteiger partial charge < -0.3 is 20.3 Å². The Hall–Kier alpha value is -0.620. The Balaban J connectivity index is 2.24. The Morgan fingerprint density at radius 1 is 1.35 bits per heavy atom. The molecule has 0 aliphatic rings. The van der Waals surface area contributed by atoms with Gasteiger partial charge in [-0.15, -0.1) is 0 Å². The fourth-order valence-electron chi connectivity index (χ4n) is 1.79. The normalized spacial score (nSPS) is 14.1. The van der Waals surface area contributed by atoms with E-state index in [1.54, 1.807) is 0 Å². The molecule has 2 atom stereocenters. The maximum atomic E-state index is 9.85. The van der Waals surface area contributed by atoms with Crippen LogP contribution in [-0.4, -0.2) is 42.6 Å². The number of aryl methyl sites for hydroxylation is 1. The van der Waals surface area contributed by atoms with Crippen LogP contribution in [0.5, 0.6) is 5.75 Å². The number of benzene rings is 1. The van der Waals surface area contributed by atoms with Crippen molar-refractivity contribution in [3.63, 3.8) is 0 Å². The average molecular weight is 346 g/mol. The lowest BCUT2D eigenvalue weighted by atomic mass is 10.1. The van der Waals surface area contributed by atoms with Crippen molar-refractivity contribution in [2.24, 2.45) is 5.92 Å². The van der Waals surface area contributed by atoms with Crippen LogP contribution in [0.4, 0.5) is 0 Å². The van der Waals surface area contributed by atoms with E-state index in [4.69, 9.17) is 9.84 Å². The molecule has 0 aliphatic carbocycles. The van der Waals surface area contributed by atoms with E-state index in [1.807, 2.05) is 25.1 Å². The first kappa shape index (κ1) is 17.4. The lowest BCUT2D eigenvalue weighted by Crippen LogP contribution is -2.34. The second-order valence-corrected chi connectivity index (χ2v) is 6.03. The molecule has 2 unspecified atom stereocenters. The lowest BCUT2D eigenvalue weighted by molar-refractivity contribution is 0.105. The molecule has 0 saturated carbocycles. The van der Waals surface area contributed by atoms with Gasteiger partial charge in [0.15, 0.2) is 0 Å². The number of hydrogen-bond acceptors (Lipinski definition) is 4. The van der Waals surface area contributed by atoms with Gasteiger partial charge in [0.05, 0.1) is 4.47 Å². The SMILES string of the molecule is Cc1ccc(OCC(O)CNCC(C)CCO)c(Br)c1. The van der Waals surface area contributed by atoms with Crippen molar-refractivity contribution in [3.8, 4) is 5.75 Å². The summed E-state index contributed by atoms with van der Waals surface area (Å²) in [6.45, 7) is 5.81. The summed E-state index contributed by atoms with van der Waals surface area (Å²) in [6.07, 6.45) is 0.222. The maximum Gasteiger partial charge on any atom is 0.133 e. The summed E-state index contributed by atoms with van der Waals surface area (Å²) in [4.78, 5) is 0. The predicted octanol–water partition coefficient (Wildman–Crippen LogP) is 2.11. The van der Waals surface area contributed by atoms with Gasteiger partial charge in [0.1, 0.15) is 18.5 Å². The van der Waals surface area contributed by atoms with Crippen LogP contribution in [0, 0.1) is 12.8 Å². The van der Waals surface area contributed by atoms with Crippen molar-refractivity contribution in [2.75, 3.05) is 26.3 Å². The Labute approximate surface area is 129 Å². The molecule has 1 aromatic carbocycles. The molecule has 1 aromatic rings. The van der Waals surface area contributed by atoms with Crippen LogP contribution in [0.3, 0.4) is 0 Å². The number of aliphatic hydroxyl groups is 2. The molecule has 3 N–H and O–H groups in total. The first-order valence-electron chi connectivity index (χ1n) is 6.91. The molecule has 1 rings (SSSR count). The lowest BCUT2D eigenvalue weighted by Gasteiger charge is -2.16. The van der Waals surface area contributed by atoms with Crippen molar-refractivity contribution in [3.05, 3.63) is 28.2 Å². The summed E-state index contributed by atoms with van der Waals surface area (Å²) in [6, 6.07) is 5.85. The molecule has 0 aliphatic heterocycles. The van der Waals surface area contributed by atoms with E-state index in [9.17, 15) is 5.11 Å². The second kappa shape index (κ2) is 9.34. The molecular weight excluding hydrogens is 322 g/mol. The van der Waals surface area contributed by atoms with Gasteiger partial charge in [0.2, 0.25) is 0 Å². The Bertz CT molecular complexity index is 401. The van der Waals surface area contributed by atoms with E-state index in [0.717, 1.165) is 28.8 Å². The van der Waals surface area contributed by atoms with Gasteiger partial charge in [0.25, 0.3) is 0 Å². The highest BCUT2D eigenvalue weighted by Crippen LogP contribution is 2.25. The third-order valence-electron chi connectivity index (χ3n) is 3.01. The van der Waals surface area contributed by atoms with E-state index >= 15 is 0 Å².